The number of nitrogens with zero attached hydrogens (tertiary/aromatic N) is 1. The number of carbonyl (C=O) groups excluding carboxylic acids is 1. The van der Waals surface area contributed by atoms with Crippen molar-refractivity contribution < 1.29 is 9.90 Å². The summed E-state index contributed by atoms with van der Waals surface area (Å²) < 4.78 is 0. The van der Waals surface area contributed by atoms with Crippen molar-refractivity contribution in [2.45, 2.75) is 38.1 Å². The average molecular weight is 298 g/mol. The van der Waals surface area contributed by atoms with Gasteiger partial charge in [0.2, 0.25) is 0 Å². The summed E-state index contributed by atoms with van der Waals surface area (Å²) in [5.41, 5.74) is 1.86. The molecular weight excluding hydrogens is 276 g/mol. The number of aromatic hydroxyl groups is 1. The van der Waals surface area contributed by atoms with Crippen LogP contribution in [0.5, 0.6) is 5.75 Å². The van der Waals surface area contributed by atoms with E-state index in [0.29, 0.717) is 11.8 Å². The molecule has 1 aromatic carbocycles. The molecule has 3 rings (SSSR count). The molecule has 116 valence electrons. The third kappa shape index (κ3) is 3.32. The van der Waals surface area contributed by atoms with Crippen LogP contribution >= 0.6 is 0 Å². The molecule has 22 heavy (non-hydrogen) atoms. The number of hydrogen-bond donors (Lipinski definition) is 2. The zero-order chi connectivity index (χ0) is 15.4. The number of benzene rings is 1. The third-order valence-electron chi connectivity index (χ3n) is 4.41. The fourth-order valence-electron chi connectivity index (χ4n) is 3.24. The molecule has 0 bridgehead atoms. The summed E-state index contributed by atoms with van der Waals surface area (Å²) in [5.74, 6) is 0.434. The van der Waals surface area contributed by atoms with Crippen LogP contribution in [0.3, 0.4) is 0 Å². The second-order valence-electron chi connectivity index (χ2n) is 5.96. The zero-order valence-electron chi connectivity index (χ0n) is 12.7. The van der Waals surface area contributed by atoms with Gasteiger partial charge in [-0.1, -0.05) is 12.1 Å². The minimum absolute atomic E-state index is 0.127. The van der Waals surface area contributed by atoms with Crippen LogP contribution in [0.4, 0.5) is 0 Å². The van der Waals surface area contributed by atoms with Crippen LogP contribution in [0.1, 0.15) is 41.6 Å². The lowest BCUT2D eigenvalue weighted by atomic mass is 9.95. The summed E-state index contributed by atoms with van der Waals surface area (Å²) in [6.07, 6.45) is 8.72. The number of aromatic amines is 1. The van der Waals surface area contributed by atoms with Crippen molar-refractivity contribution in [1.29, 1.82) is 0 Å². The van der Waals surface area contributed by atoms with E-state index in [2.05, 4.69) is 4.98 Å². The fourth-order valence-corrected chi connectivity index (χ4v) is 3.24. The molecule has 1 aliphatic heterocycles. The van der Waals surface area contributed by atoms with Gasteiger partial charge in [-0.05, 0) is 55.9 Å². The topological polar surface area (TPSA) is 56.3 Å². The second kappa shape index (κ2) is 6.69. The highest BCUT2D eigenvalue weighted by Crippen LogP contribution is 2.24. The van der Waals surface area contributed by atoms with Crippen molar-refractivity contribution >= 4 is 5.91 Å². The number of nitrogens with one attached hydrogen (secondary N) is 1. The fraction of sp³-hybridized carbons (Fsp3) is 0.389. The molecular formula is C18H22N2O2. The molecule has 0 radical (unpaired) electrons. The summed E-state index contributed by atoms with van der Waals surface area (Å²) in [7, 11) is 0. The Labute approximate surface area is 130 Å². The van der Waals surface area contributed by atoms with Crippen molar-refractivity contribution in [3.05, 3.63) is 53.9 Å². The van der Waals surface area contributed by atoms with Crippen molar-refractivity contribution in [2.75, 3.05) is 6.54 Å². The molecule has 1 aliphatic rings. The van der Waals surface area contributed by atoms with E-state index in [1.54, 1.807) is 24.5 Å². The SMILES string of the molecule is O=C(c1cc[nH]c1)N1CCCCC1CCc1cccc(O)c1. The molecule has 4 nitrogen and oxygen atoms in total. The van der Waals surface area contributed by atoms with Gasteiger partial charge in [-0.3, -0.25) is 4.79 Å². The van der Waals surface area contributed by atoms with Gasteiger partial charge < -0.3 is 15.0 Å². The standard InChI is InChI=1S/C18H22N2O2/c21-17-6-3-4-14(12-17)7-8-16-5-1-2-11-20(16)18(22)15-9-10-19-13-15/h3-4,6,9-10,12-13,16,19,21H,1-2,5,7-8,11H2. The Bertz CT molecular complexity index is 622. The Balaban J connectivity index is 1.66. The number of hydrogen-bond acceptors (Lipinski definition) is 2. The molecule has 0 aliphatic carbocycles. The summed E-state index contributed by atoms with van der Waals surface area (Å²) in [4.78, 5) is 17.6. The van der Waals surface area contributed by atoms with Gasteiger partial charge in [-0.2, -0.15) is 0 Å². The number of aromatic nitrogens is 1. The number of phenolic OH excluding ortho intramolecular Hbond substituents is 1. The second-order valence-corrected chi connectivity index (χ2v) is 5.96. The monoisotopic (exact) mass is 298 g/mol. The van der Waals surface area contributed by atoms with Crippen molar-refractivity contribution in [2.24, 2.45) is 0 Å². The molecule has 2 aromatic rings. The Morgan fingerprint density at radius 1 is 1.32 bits per heavy atom. The molecule has 1 fully saturated rings. The normalized spacial score (nSPS) is 18.4. The Kier molecular flexibility index (Phi) is 4.47. The number of carbonyl (C=O) groups is 1. The van der Waals surface area contributed by atoms with Crippen molar-refractivity contribution in [1.82, 2.24) is 9.88 Å². The van der Waals surface area contributed by atoms with E-state index in [1.807, 2.05) is 23.1 Å². The minimum Gasteiger partial charge on any atom is -0.508 e. The third-order valence-corrected chi connectivity index (χ3v) is 4.41. The van der Waals surface area contributed by atoms with Crippen LogP contribution in [0, 0.1) is 0 Å². The Hall–Kier alpha value is -2.23. The average Bonchev–Trinajstić information content (AvgIpc) is 3.07. The van der Waals surface area contributed by atoms with E-state index < -0.39 is 0 Å². The van der Waals surface area contributed by atoms with E-state index in [0.717, 1.165) is 43.4 Å². The number of amides is 1. The van der Waals surface area contributed by atoms with E-state index in [1.165, 1.54) is 6.42 Å². The number of rotatable bonds is 4. The van der Waals surface area contributed by atoms with Crippen LogP contribution in [-0.2, 0) is 6.42 Å². The lowest BCUT2D eigenvalue weighted by Crippen LogP contribution is -2.43. The first-order valence-electron chi connectivity index (χ1n) is 7.96. The number of piperidine rings is 1. The molecule has 0 spiro atoms. The summed E-state index contributed by atoms with van der Waals surface area (Å²) in [6.45, 7) is 0.842. The summed E-state index contributed by atoms with van der Waals surface area (Å²) in [6, 6.07) is 9.52. The van der Waals surface area contributed by atoms with Crippen molar-refractivity contribution in [3.63, 3.8) is 0 Å². The first-order chi connectivity index (χ1) is 10.7. The minimum atomic E-state index is 0.127. The molecule has 0 saturated carbocycles. The van der Waals surface area contributed by atoms with Gasteiger partial charge in [-0.15, -0.1) is 0 Å². The van der Waals surface area contributed by atoms with Gasteiger partial charge >= 0.3 is 0 Å². The van der Waals surface area contributed by atoms with Gasteiger partial charge in [0.15, 0.2) is 0 Å². The highest BCUT2D eigenvalue weighted by Gasteiger charge is 2.27. The van der Waals surface area contributed by atoms with Crippen molar-refractivity contribution in [3.8, 4) is 5.75 Å². The van der Waals surface area contributed by atoms with E-state index in [4.69, 9.17) is 0 Å². The molecule has 4 heteroatoms. The lowest BCUT2D eigenvalue weighted by Gasteiger charge is -2.36. The lowest BCUT2D eigenvalue weighted by molar-refractivity contribution is 0.0602. The number of phenols is 1. The maximum absolute atomic E-state index is 12.6. The van der Waals surface area contributed by atoms with Gasteiger partial charge in [0, 0.05) is 25.0 Å². The molecule has 1 saturated heterocycles. The molecule has 1 aromatic heterocycles. The maximum atomic E-state index is 12.6. The van der Waals surface area contributed by atoms with E-state index in [-0.39, 0.29) is 5.91 Å². The van der Waals surface area contributed by atoms with Gasteiger partial charge in [0.25, 0.3) is 5.91 Å². The number of aryl methyl sites for hydroxylation is 1. The van der Waals surface area contributed by atoms with Crippen LogP contribution in [0.25, 0.3) is 0 Å². The first-order valence-corrected chi connectivity index (χ1v) is 7.96. The summed E-state index contributed by atoms with van der Waals surface area (Å²) >= 11 is 0. The first kappa shape index (κ1) is 14.7. The van der Waals surface area contributed by atoms with Crippen LogP contribution in [0.15, 0.2) is 42.7 Å². The largest absolute Gasteiger partial charge is 0.508 e. The maximum Gasteiger partial charge on any atom is 0.255 e. The Morgan fingerprint density at radius 3 is 3.00 bits per heavy atom. The van der Waals surface area contributed by atoms with E-state index in [9.17, 15) is 9.90 Å². The van der Waals surface area contributed by atoms with Crippen LogP contribution in [0.2, 0.25) is 0 Å². The summed E-state index contributed by atoms with van der Waals surface area (Å²) in [5, 5.41) is 9.55. The molecule has 2 heterocycles. The van der Waals surface area contributed by atoms with Crippen LogP contribution < -0.4 is 0 Å². The van der Waals surface area contributed by atoms with Crippen LogP contribution in [-0.4, -0.2) is 33.5 Å². The zero-order valence-corrected chi connectivity index (χ0v) is 12.7. The predicted molar refractivity (Wildman–Crippen MR) is 85.9 cm³/mol. The number of H-pyrrole nitrogens is 1. The van der Waals surface area contributed by atoms with Gasteiger partial charge in [0.05, 0.1) is 5.56 Å². The highest BCUT2D eigenvalue weighted by molar-refractivity contribution is 5.94. The van der Waals surface area contributed by atoms with E-state index >= 15 is 0 Å². The van der Waals surface area contributed by atoms with Gasteiger partial charge in [-0.25, -0.2) is 0 Å². The highest BCUT2D eigenvalue weighted by atomic mass is 16.3. The quantitative estimate of drug-likeness (QED) is 0.909. The molecule has 1 amide bonds. The Morgan fingerprint density at radius 2 is 2.23 bits per heavy atom. The molecule has 2 N–H and O–H groups in total. The molecule has 1 unspecified atom stereocenters. The smallest absolute Gasteiger partial charge is 0.255 e. The van der Waals surface area contributed by atoms with Gasteiger partial charge in [0.1, 0.15) is 5.75 Å². The number of likely N-dealkylation sites (tertiary alicyclic amines) is 1. The molecule has 1 atom stereocenters. The predicted octanol–water partition coefficient (Wildman–Crippen LogP) is 3.35.